The van der Waals surface area contributed by atoms with Gasteiger partial charge in [-0.05, 0) is 19.1 Å². The van der Waals surface area contributed by atoms with Crippen LogP contribution in [0.5, 0.6) is 5.75 Å². The normalized spacial score (nSPS) is 14.0. The third-order valence-corrected chi connectivity index (χ3v) is 3.31. The minimum atomic E-state index is 0. The molecule has 1 aliphatic heterocycles. The monoisotopic (exact) mass is 335 g/mol. The summed E-state index contributed by atoms with van der Waals surface area (Å²) >= 11 is 0. The number of ether oxygens (including phenoxy) is 1. The maximum atomic E-state index is 11.5. The van der Waals surface area contributed by atoms with E-state index in [-0.39, 0.29) is 37.3 Å². The van der Waals surface area contributed by atoms with Crippen molar-refractivity contribution in [1.29, 1.82) is 0 Å². The van der Waals surface area contributed by atoms with E-state index >= 15 is 0 Å². The number of nitrogens with zero attached hydrogens (tertiary/aromatic N) is 2. The van der Waals surface area contributed by atoms with Crippen molar-refractivity contribution in [2.45, 2.75) is 6.92 Å². The molecule has 0 aliphatic carbocycles. The average Bonchev–Trinajstić information content (AvgIpc) is 2.47. The summed E-state index contributed by atoms with van der Waals surface area (Å²) in [6.07, 6.45) is 0. The van der Waals surface area contributed by atoms with Gasteiger partial charge < -0.3 is 20.3 Å². The number of piperazine rings is 1. The summed E-state index contributed by atoms with van der Waals surface area (Å²) in [6.45, 7) is 5.80. The lowest BCUT2D eigenvalue weighted by molar-refractivity contribution is -0.129. The Morgan fingerprint density at radius 2 is 1.81 bits per heavy atom. The van der Waals surface area contributed by atoms with E-state index in [0.717, 1.165) is 37.6 Å². The number of benzene rings is 1. The van der Waals surface area contributed by atoms with E-state index in [0.29, 0.717) is 6.61 Å². The second-order valence-electron chi connectivity index (χ2n) is 4.47. The molecule has 1 aliphatic rings. The van der Waals surface area contributed by atoms with Gasteiger partial charge >= 0.3 is 0 Å². The zero-order valence-electron chi connectivity index (χ0n) is 12.2. The van der Waals surface area contributed by atoms with Crippen LogP contribution in [0.15, 0.2) is 24.3 Å². The Labute approximate surface area is 138 Å². The maximum Gasteiger partial charge on any atom is 0.236 e. The number of hydrogen-bond acceptors (Lipinski definition) is 4. The van der Waals surface area contributed by atoms with Crippen LogP contribution in [-0.2, 0) is 4.79 Å². The first kappa shape index (κ1) is 19.8. The second-order valence-corrected chi connectivity index (χ2v) is 4.47. The third-order valence-electron chi connectivity index (χ3n) is 3.31. The van der Waals surface area contributed by atoms with Crippen LogP contribution in [0.1, 0.15) is 6.92 Å². The van der Waals surface area contributed by atoms with Crippen LogP contribution >= 0.6 is 24.8 Å². The molecule has 1 amide bonds. The minimum absolute atomic E-state index is 0. The molecule has 2 rings (SSSR count). The molecule has 21 heavy (non-hydrogen) atoms. The Kier molecular flexibility index (Phi) is 9.17. The molecule has 0 unspecified atom stereocenters. The van der Waals surface area contributed by atoms with Crippen LogP contribution in [0.2, 0.25) is 0 Å². The van der Waals surface area contributed by atoms with E-state index in [2.05, 4.69) is 11.0 Å². The third kappa shape index (κ3) is 4.95. The number of carbonyl (C=O) groups excluding carboxylic acids is 1. The summed E-state index contributed by atoms with van der Waals surface area (Å²) in [5.41, 5.74) is 6.49. The van der Waals surface area contributed by atoms with Crippen LogP contribution in [0.4, 0.5) is 5.69 Å². The quantitative estimate of drug-likeness (QED) is 0.906. The highest BCUT2D eigenvalue weighted by Crippen LogP contribution is 2.28. The van der Waals surface area contributed by atoms with E-state index in [1.165, 1.54) is 0 Å². The van der Waals surface area contributed by atoms with Crippen LogP contribution in [-0.4, -0.2) is 50.1 Å². The molecule has 0 atom stereocenters. The molecule has 1 saturated heterocycles. The predicted octanol–water partition coefficient (Wildman–Crippen LogP) is 1.54. The van der Waals surface area contributed by atoms with E-state index in [1.807, 2.05) is 30.0 Å². The van der Waals surface area contributed by atoms with Gasteiger partial charge in [-0.15, -0.1) is 24.8 Å². The lowest BCUT2D eigenvalue weighted by Crippen LogP contribution is -2.50. The Balaban J connectivity index is 0.00000200. The molecule has 1 fully saturated rings. The predicted molar refractivity (Wildman–Crippen MR) is 90.0 cm³/mol. The van der Waals surface area contributed by atoms with Gasteiger partial charge in [-0.2, -0.15) is 0 Å². The summed E-state index contributed by atoms with van der Waals surface area (Å²) in [4.78, 5) is 15.6. The molecule has 7 heteroatoms. The fourth-order valence-corrected chi connectivity index (χ4v) is 2.32. The van der Waals surface area contributed by atoms with Gasteiger partial charge in [0.1, 0.15) is 5.75 Å². The molecule has 2 N–H and O–H groups in total. The number of nitrogens with two attached hydrogens (primary N) is 1. The zero-order valence-corrected chi connectivity index (χ0v) is 13.8. The van der Waals surface area contributed by atoms with Gasteiger partial charge in [0, 0.05) is 26.2 Å². The van der Waals surface area contributed by atoms with Crippen molar-refractivity contribution >= 4 is 36.4 Å². The summed E-state index contributed by atoms with van der Waals surface area (Å²) < 4.78 is 5.64. The van der Waals surface area contributed by atoms with Crippen molar-refractivity contribution in [1.82, 2.24) is 4.90 Å². The highest BCUT2D eigenvalue weighted by atomic mass is 35.5. The Bertz CT molecular complexity index is 438. The van der Waals surface area contributed by atoms with Crippen LogP contribution in [0.25, 0.3) is 0 Å². The van der Waals surface area contributed by atoms with E-state index < -0.39 is 0 Å². The van der Waals surface area contributed by atoms with Gasteiger partial charge in [0.2, 0.25) is 5.91 Å². The Morgan fingerprint density at radius 1 is 1.19 bits per heavy atom. The smallest absolute Gasteiger partial charge is 0.236 e. The topological polar surface area (TPSA) is 58.8 Å². The van der Waals surface area contributed by atoms with E-state index in [9.17, 15) is 4.79 Å². The number of amides is 1. The van der Waals surface area contributed by atoms with Gasteiger partial charge in [0.05, 0.1) is 18.8 Å². The van der Waals surface area contributed by atoms with Crippen molar-refractivity contribution < 1.29 is 9.53 Å². The zero-order chi connectivity index (χ0) is 13.7. The van der Waals surface area contributed by atoms with Gasteiger partial charge in [-0.3, -0.25) is 4.79 Å². The molecular formula is C14H23Cl2N3O2. The summed E-state index contributed by atoms with van der Waals surface area (Å²) in [6, 6.07) is 8.03. The first-order chi connectivity index (χ1) is 9.26. The lowest BCUT2D eigenvalue weighted by atomic mass is 10.2. The van der Waals surface area contributed by atoms with Gasteiger partial charge in [0.25, 0.3) is 0 Å². The molecule has 1 heterocycles. The van der Waals surface area contributed by atoms with Gasteiger partial charge in [-0.1, -0.05) is 12.1 Å². The van der Waals surface area contributed by atoms with E-state index in [1.54, 1.807) is 0 Å². The lowest BCUT2D eigenvalue weighted by Gasteiger charge is -2.36. The number of halogens is 2. The fourth-order valence-electron chi connectivity index (χ4n) is 2.32. The minimum Gasteiger partial charge on any atom is -0.492 e. The highest BCUT2D eigenvalue weighted by Gasteiger charge is 2.21. The first-order valence-electron chi connectivity index (χ1n) is 6.71. The SMILES string of the molecule is CCOc1ccccc1N1CCN(C(=O)CN)CC1.Cl.Cl. The summed E-state index contributed by atoms with van der Waals surface area (Å²) in [5, 5.41) is 0. The van der Waals surface area contributed by atoms with Crippen molar-refractivity contribution in [2.75, 3.05) is 44.2 Å². The first-order valence-corrected chi connectivity index (χ1v) is 6.71. The molecule has 1 aromatic carbocycles. The number of hydrogen-bond donors (Lipinski definition) is 1. The number of rotatable bonds is 4. The Morgan fingerprint density at radius 3 is 2.38 bits per heavy atom. The van der Waals surface area contributed by atoms with Crippen molar-refractivity contribution in [3.8, 4) is 5.75 Å². The molecule has 0 saturated carbocycles. The summed E-state index contributed by atoms with van der Waals surface area (Å²) in [5.74, 6) is 0.932. The van der Waals surface area contributed by atoms with Gasteiger partial charge in [0.15, 0.2) is 0 Å². The standard InChI is InChI=1S/C14H21N3O2.2ClH/c1-2-19-13-6-4-3-5-12(13)16-7-9-17(10-8-16)14(18)11-15;;/h3-6H,2,7-11,15H2,1H3;2*1H. The van der Waals surface area contributed by atoms with Crippen molar-refractivity contribution in [3.05, 3.63) is 24.3 Å². The van der Waals surface area contributed by atoms with Gasteiger partial charge in [-0.25, -0.2) is 0 Å². The second kappa shape index (κ2) is 9.71. The molecular weight excluding hydrogens is 313 g/mol. The fraction of sp³-hybridized carbons (Fsp3) is 0.500. The van der Waals surface area contributed by atoms with Crippen LogP contribution < -0.4 is 15.4 Å². The summed E-state index contributed by atoms with van der Waals surface area (Å²) in [7, 11) is 0. The average molecular weight is 336 g/mol. The largest absolute Gasteiger partial charge is 0.492 e. The number of anilines is 1. The van der Waals surface area contributed by atoms with Crippen molar-refractivity contribution in [2.24, 2.45) is 5.73 Å². The molecule has 0 spiro atoms. The molecule has 0 radical (unpaired) electrons. The molecule has 0 aromatic heterocycles. The number of para-hydroxylation sites is 2. The molecule has 120 valence electrons. The molecule has 0 bridgehead atoms. The van der Waals surface area contributed by atoms with E-state index in [4.69, 9.17) is 10.5 Å². The Hall–Kier alpha value is -1.17. The van der Waals surface area contributed by atoms with Crippen LogP contribution in [0, 0.1) is 0 Å². The van der Waals surface area contributed by atoms with Crippen LogP contribution in [0.3, 0.4) is 0 Å². The molecule has 5 nitrogen and oxygen atoms in total. The highest BCUT2D eigenvalue weighted by molar-refractivity contribution is 5.85. The maximum absolute atomic E-state index is 11.5. The van der Waals surface area contributed by atoms with Crippen molar-refractivity contribution in [3.63, 3.8) is 0 Å². The number of carbonyl (C=O) groups is 1. The molecule has 1 aromatic rings.